The van der Waals surface area contributed by atoms with Gasteiger partial charge in [-0.25, -0.2) is 0 Å². The molecule has 0 amide bonds. The SMILES string of the molecule is CC(OC(C)(C)C)C(=O)CCC1CCCCC1. The van der Waals surface area contributed by atoms with Crippen LogP contribution in [0.2, 0.25) is 0 Å². The minimum absolute atomic E-state index is 0.222. The highest BCUT2D eigenvalue weighted by molar-refractivity contribution is 5.82. The van der Waals surface area contributed by atoms with Crippen LogP contribution in [0, 0.1) is 5.92 Å². The molecule has 17 heavy (non-hydrogen) atoms. The lowest BCUT2D eigenvalue weighted by molar-refractivity contribution is -0.138. The van der Waals surface area contributed by atoms with Gasteiger partial charge in [0, 0.05) is 6.42 Å². The summed E-state index contributed by atoms with van der Waals surface area (Å²) in [5.41, 5.74) is -0.222. The maximum atomic E-state index is 11.9. The summed E-state index contributed by atoms with van der Waals surface area (Å²) in [6, 6.07) is 0. The fourth-order valence-electron chi connectivity index (χ4n) is 2.62. The molecule has 0 spiro atoms. The second-order valence-corrected chi connectivity index (χ2v) is 6.38. The van der Waals surface area contributed by atoms with E-state index in [9.17, 15) is 4.79 Å². The van der Waals surface area contributed by atoms with E-state index in [2.05, 4.69) is 0 Å². The van der Waals surface area contributed by atoms with E-state index < -0.39 is 0 Å². The van der Waals surface area contributed by atoms with E-state index >= 15 is 0 Å². The lowest BCUT2D eigenvalue weighted by atomic mass is 9.85. The fourth-order valence-corrected chi connectivity index (χ4v) is 2.62. The predicted molar refractivity (Wildman–Crippen MR) is 71.1 cm³/mol. The third kappa shape index (κ3) is 6.21. The molecule has 1 fully saturated rings. The van der Waals surface area contributed by atoms with Gasteiger partial charge in [0.1, 0.15) is 6.10 Å². The Morgan fingerprint density at radius 2 is 1.82 bits per heavy atom. The third-order valence-electron chi connectivity index (χ3n) is 3.51. The summed E-state index contributed by atoms with van der Waals surface area (Å²) >= 11 is 0. The van der Waals surface area contributed by atoms with Crippen LogP contribution in [-0.2, 0) is 9.53 Å². The first kappa shape index (κ1) is 14.7. The van der Waals surface area contributed by atoms with Gasteiger partial charge in [0.15, 0.2) is 5.78 Å². The molecule has 1 aliphatic carbocycles. The smallest absolute Gasteiger partial charge is 0.161 e. The number of ether oxygens (including phenoxy) is 1. The van der Waals surface area contributed by atoms with Crippen LogP contribution in [-0.4, -0.2) is 17.5 Å². The van der Waals surface area contributed by atoms with Crippen molar-refractivity contribution in [2.24, 2.45) is 5.92 Å². The minimum Gasteiger partial charge on any atom is -0.365 e. The summed E-state index contributed by atoms with van der Waals surface area (Å²) in [6.45, 7) is 7.88. The van der Waals surface area contributed by atoms with E-state index in [-0.39, 0.29) is 17.5 Å². The van der Waals surface area contributed by atoms with Gasteiger partial charge in [0.2, 0.25) is 0 Å². The fraction of sp³-hybridized carbons (Fsp3) is 0.933. The number of carbonyl (C=O) groups excluding carboxylic acids is 1. The average molecular weight is 240 g/mol. The van der Waals surface area contributed by atoms with Crippen LogP contribution in [0.25, 0.3) is 0 Å². The van der Waals surface area contributed by atoms with Crippen molar-refractivity contribution in [3.05, 3.63) is 0 Å². The van der Waals surface area contributed by atoms with Gasteiger partial charge < -0.3 is 4.74 Å². The molecule has 0 bridgehead atoms. The molecule has 0 N–H and O–H groups in total. The molecule has 1 unspecified atom stereocenters. The summed E-state index contributed by atoms with van der Waals surface area (Å²) in [7, 11) is 0. The molecule has 0 aromatic rings. The summed E-state index contributed by atoms with van der Waals surface area (Å²) in [5, 5.41) is 0. The molecule has 100 valence electrons. The van der Waals surface area contributed by atoms with Gasteiger partial charge in [-0.2, -0.15) is 0 Å². The quantitative estimate of drug-likeness (QED) is 0.722. The van der Waals surface area contributed by atoms with Gasteiger partial charge in [-0.15, -0.1) is 0 Å². The Bertz CT molecular complexity index is 234. The molecule has 1 rings (SSSR count). The first-order valence-electron chi connectivity index (χ1n) is 7.09. The minimum atomic E-state index is -0.251. The summed E-state index contributed by atoms with van der Waals surface area (Å²) in [5.74, 6) is 1.06. The Labute approximate surface area is 106 Å². The van der Waals surface area contributed by atoms with Crippen molar-refractivity contribution in [1.29, 1.82) is 0 Å². The molecule has 0 heterocycles. The van der Waals surface area contributed by atoms with Crippen LogP contribution in [0.3, 0.4) is 0 Å². The molecule has 0 saturated heterocycles. The molecule has 1 aliphatic rings. The average Bonchev–Trinajstić information content (AvgIpc) is 2.25. The number of hydrogen-bond acceptors (Lipinski definition) is 2. The van der Waals surface area contributed by atoms with Crippen molar-refractivity contribution >= 4 is 5.78 Å². The zero-order chi connectivity index (χ0) is 12.9. The topological polar surface area (TPSA) is 26.3 Å². The molecule has 2 nitrogen and oxygen atoms in total. The van der Waals surface area contributed by atoms with E-state index in [1.165, 1.54) is 32.1 Å². The molecule has 0 radical (unpaired) electrons. The molecule has 0 aromatic heterocycles. The standard InChI is InChI=1S/C15H28O2/c1-12(17-15(2,3)4)14(16)11-10-13-8-6-5-7-9-13/h12-13H,5-11H2,1-4H3. The highest BCUT2D eigenvalue weighted by Crippen LogP contribution is 2.27. The first-order valence-corrected chi connectivity index (χ1v) is 7.09. The van der Waals surface area contributed by atoms with E-state index in [1.54, 1.807) is 0 Å². The van der Waals surface area contributed by atoms with Crippen molar-refractivity contribution in [3.8, 4) is 0 Å². The number of rotatable bonds is 5. The number of carbonyl (C=O) groups is 1. The van der Waals surface area contributed by atoms with E-state index in [0.29, 0.717) is 6.42 Å². The first-order chi connectivity index (χ1) is 7.88. The zero-order valence-corrected chi connectivity index (χ0v) is 11.9. The molecule has 1 atom stereocenters. The Hall–Kier alpha value is -0.370. The summed E-state index contributed by atoms with van der Waals surface area (Å²) in [4.78, 5) is 11.9. The molecule has 2 heteroatoms. The largest absolute Gasteiger partial charge is 0.365 e. The number of ketones is 1. The van der Waals surface area contributed by atoms with Crippen LogP contribution < -0.4 is 0 Å². The van der Waals surface area contributed by atoms with E-state index in [0.717, 1.165) is 12.3 Å². The maximum absolute atomic E-state index is 11.9. The Balaban J connectivity index is 2.23. The van der Waals surface area contributed by atoms with Crippen molar-refractivity contribution in [1.82, 2.24) is 0 Å². The second kappa shape index (κ2) is 6.53. The lowest BCUT2D eigenvalue weighted by Gasteiger charge is -2.25. The highest BCUT2D eigenvalue weighted by Gasteiger charge is 2.22. The highest BCUT2D eigenvalue weighted by atomic mass is 16.5. The molecule has 0 aromatic carbocycles. The van der Waals surface area contributed by atoms with Crippen molar-refractivity contribution in [2.45, 2.75) is 84.3 Å². The monoisotopic (exact) mass is 240 g/mol. The van der Waals surface area contributed by atoms with Crippen molar-refractivity contribution < 1.29 is 9.53 Å². The Morgan fingerprint density at radius 1 is 1.24 bits per heavy atom. The van der Waals surface area contributed by atoms with Gasteiger partial charge in [-0.1, -0.05) is 32.1 Å². The Morgan fingerprint density at radius 3 is 2.35 bits per heavy atom. The molecular weight excluding hydrogens is 212 g/mol. The van der Waals surface area contributed by atoms with Crippen molar-refractivity contribution in [3.63, 3.8) is 0 Å². The lowest BCUT2D eigenvalue weighted by Crippen LogP contribution is -2.31. The summed E-state index contributed by atoms with van der Waals surface area (Å²) < 4.78 is 5.69. The molecule has 0 aliphatic heterocycles. The van der Waals surface area contributed by atoms with Crippen molar-refractivity contribution in [2.75, 3.05) is 0 Å². The predicted octanol–water partition coefficient (Wildman–Crippen LogP) is 4.12. The zero-order valence-electron chi connectivity index (χ0n) is 11.9. The molecule has 1 saturated carbocycles. The van der Waals surface area contributed by atoms with Gasteiger partial charge in [0.25, 0.3) is 0 Å². The summed E-state index contributed by atoms with van der Waals surface area (Å²) in [6.07, 6.45) is 8.24. The van der Waals surface area contributed by atoms with Gasteiger partial charge in [-0.05, 0) is 40.0 Å². The van der Waals surface area contributed by atoms with Crippen LogP contribution in [0.4, 0.5) is 0 Å². The van der Waals surface area contributed by atoms with Crippen LogP contribution in [0.1, 0.15) is 72.6 Å². The Kier molecular flexibility index (Phi) is 5.64. The number of Topliss-reactive ketones (excluding diaryl/α,β-unsaturated/α-hetero) is 1. The van der Waals surface area contributed by atoms with Crippen LogP contribution >= 0.6 is 0 Å². The van der Waals surface area contributed by atoms with Gasteiger partial charge in [0.05, 0.1) is 5.60 Å². The van der Waals surface area contributed by atoms with E-state index in [1.807, 2.05) is 27.7 Å². The molecular formula is C15H28O2. The maximum Gasteiger partial charge on any atom is 0.161 e. The van der Waals surface area contributed by atoms with E-state index in [4.69, 9.17) is 4.74 Å². The number of hydrogen-bond donors (Lipinski definition) is 0. The third-order valence-corrected chi connectivity index (χ3v) is 3.51. The van der Waals surface area contributed by atoms with Gasteiger partial charge >= 0.3 is 0 Å². The van der Waals surface area contributed by atoms with Crippen LogP contribution in [0.5, 0.6) is 0 Å². The van der Waals surface area contributed by atoms with Crippen LogP contribution in [0.15, 0.2) is 0 Å². The second-order valence-electron chi connectivity index (χ2n) is 6.38. The van der Waals surface area contributed by atoms with Gasteiger partial charge in [-0.3, -0.25) is 4.79 Å². The normalized spacial score (nSPS) is 20.2.